The summed E-state index contributed by atoms with van der Waals surface area (Å²) in [4.78, 5) is 22.0. The Kier molecular flexibility index (Phi) is 6.24. The number of hydrogen-bond acceptors (Lipinski definition) is 4. The summed E-state index contributed by atoms with van der Waals surface area (Å²) < 4.78 is 0. The van der Waals surface area contributed by atoms with Crippen molar-refractivity contribution in [3.8, 4) is 0 Å². The van der Waals surface area contributed by atoms with Gasteiger partial charge in [-0.3, -0.25) is 9.59 Å². The first-order valence-electron chi connectivity index (χ1n) is 5.51. The van der Waals surface area contributed by atoms with Crippen LogP contribution in [-0.2, 0) is 16.1 Å². The van der Waals surface area contributed by atoms with E-state index in [1.54, 1.807) is 0 Å². The highest BCUT2D eigenvalue weighted by molar-refractivity contribution is 7.80. The van der Waals surface area contributed by atoms with Crippen LogP contribution in [-0.4, -0.2) is 35.3 Å². The van der Waals surface area contributed by atoms with E-state index in [1.165, 1.54) is 0 Å². The lowest BCUT2D eigenvalue weighted by Gasteiger charge is -2.15. The molecule has 1 aromatic carbocycles. The van der Waals surface area contributed by atoms with Crippen LogP contribution in [0.5, 0.6) is 0 Å². The summed E-state index contributed by atoms with van der Waals surface area (Å²) in [6.45, 7) is 0.155. The maximum absolute atomic E-state index is 11.6. The second-order valence-electron chi connectivity index (χ2n) is 3.71. The minimum Gasteiger partial charge on any atom is -0.480 e. The fourth-order valence-electron chi connectivity index (χ4n) is 1.36. The van der Waals surface area contributed by atoms with Crippen molar-refractivity contribution in [2.24, 2.45) is 0 Å². The molecule has 18 heavy (non-hydrogen) atoms. The molecule has 0 radical (unpaired) electrons. The molecule has 0 saturated heterocycles. The Morgan fingerprint density at radius 3 is 2.50 bits per heavy atom. The molecule has 3 N–H and O–H groups in total. The Balaban J connectivity index is 2.42. The maximum Gasteiger partial charge on any atom is 0.322 e. The zero-order chi connectivity index (χ0) is 13.4. The number of benzene rings is 1. The predicted molar refractivity (Wildman–Crippen MR) is 71.6 cm³/mol. The maximum atomic E-state index is 11.6. The third-order valence-electron chi connectivity index (χ3n) is 2.31. The fraction of sp³-hybridized carbons (Fsp3) is 0.333. The lowest BCUT2D eigenvalue weighted by Crippen LogP contribution is -2.46. The Morgan fingerprint density at radius 1 is 1.28 bits per heavy atom. The van der Waals surface area contributed by atoms with Gasteiger partial charge in [0.15, 0.2) is 0 Å². The fourth-order valence-corrected chi connectivity index (χ4v) is 1.66. The quantitative estimate of drug-likeness (QED) is 0.536. The van der Waals surface area contributed by atoms with Crippen LogP contribution >= 0.6 is 12.6 Å². The normalized spacial score (nSPS) is 11.8. The molecule has 1 aromatic rings. The van der Waals surface area contributed by atoms with Crippen molar-refractivity contribution in [3.05, 3.63) is 35.9 Å². The van der Waals surface area contributed by atoms with E-state index in [0.29, 0.717) is 12.3 Å². The Hall–Kier alpha value is -1.53. The van der Waals surface area contributed by atoms with E-state index in [1.807, 2.05) is 30.3 Å². The van der Waals surface area contributed by atoms with Crippen molar-refractivity contribution in [1.29, 1.82) is 0 Å². The number of nitrogens with one attached hydrogen (secondary N) is 2. The SMILES string of the molecule is O=C(O)CNC(=O)[C@H](CS)NCc1ccccc1. The van der Waals surface area contributed by atoms with Crippen LogP contribution in [0, 0.1) is 0 Å². The first-order valence-corrected chi connectivity index (χ1v) is 6.14. The van der Waals surface area contributed by atoms with Gasteiger partial charge in [0.2, 0.25) is 5.91 Å². The molecular weight excluding hydrogens is 252 g/mol. The van der Waals surface area contributed by atoms with E-state index >= 15 is 0 Å². The van der Waals surface area contributed by atoms with E-state index in [4.69, 9.17) is 5.11 Å². The van der Waals surface area contributed by atoms with Gasteiger partial charge in [-0.05, 0) is 5.56 Å². The van der Waals surface area contributed by atoms with Gasteiger partial charge < -0.3 is 15.7 Å². The van der Waals surface area contributed by atoms with E-state index in [2.05, 4.69) is 23.3 Å². The van der Waals surface area contributed by atoms with Crippen LogP contribution in [0.1, 0.15) is 5.56 Å². The minimum absolute atomic E-state index is 0.304. The molecule has 0 saturated carbocycles. The Morgan fingerprint density at radius 2 is 1.94 bits per heavy atom. The van der Waals surface area contributed by atoms with Crippen LogP contribution in [0.4, 0.5) is 0 Å². The van der Waals surface area contributed by atoms with Gasteiger partial charge >= 0.3 is 5.97 Å². The van der Waals surface area contributed by atoms with Crippen molar-refractivity contribution in [2.75, 3.05) is 12.3 Å². The highest BCUT2D eigenvalue weighted by atomic mass is 32.1. The summed E-state index contributed by atoms with van der Waals surface area (Å²) in [5, 5.41) is 13.8. The second kappa shape index (κ2) is 7.73. The molecule has 1 amide bonds. The molecule has 6 heteroatoms. The van der Waals surface area contributed by atoms with Crippen LogP contribution in [0.2, 0.25) is 0 Å². The molecule has 1 rings (SSSR count). The first-order chi connectivity index (χ1) is 8.63. The molecule has 0 spiro atoms. The largest absolute Gasteiger partial charge is 0.480 e. The zero-order valence-electron chi connectivity index (χ0n) is 9.80. The zero-order valence-corrected chi connectivity index (χ0v) is 10.7. The summed E-state index contributed by atoms with van der Waals surface area (Å²) in [7, 11) is 0. The highest BCUT2D eigenvalue weighted by Gasteiger charge is 2.16. The number of carboxylic acid groups (broad SMARTS) is 1. The summed E-state index contributed by atoms with van der Waals surface area (Å²) in [5.41, 5.74) is 1.05. The van der Waals surface area contributed by atoms with E-state index < -0.39 is 12.0 Å². The van der Waals surface area contributed by atoms with Crippen molar-refractivity contribution in [3.63, 3.8) is 0 Å². The summed E-state index contributed by atoms with van der Waals surface area (Å²) in [6, 6.07) is 9.12. The van der Waals surface area contributed by atoms with Gasteiger partial charge in [-0.1, -0.05) is 30.3 Å². The average molecular weight is 268 g/mol. The number of thiol groups is 1. The van der Waals surface area contributed by atoms with Crippen molar-refractivity contribution in [1.82, 2.24) is 10.6 Å². The number of hydrogen-bond donors (Lipinski definition) is 4. The highest BCUT2D eigenvalue weighted by Crippen LogP contribution is 1.99. The van der Waals surface area contributed by atoms with Crippen LogP contribution < -0.4 is 10.6 Å². The van der Waals surface area contributed by atoms with Gasteiger partial charge in [0.05, 0.1) is 6.04 Å². The number of rotatable bonds is 7. The van der Waals surface area contributed by atoms with Gasteiger partial charge in [-0.15, -0.1) is 0 Å². The number of carbonyl (C=O) groups excluding carboxylic acids is 1. The monoisotopic (exact) mass is 268 g/mol. The molecular formula is C12H16N2O3S. The van der Waals surface area contributed by atoms with Gasteiger partial charge in [0.25, 0.3) is 0 Å². The van der Waals surface area contributed by atoms with E-state index in [0.717, 1.165) is 5.56 Å². The smallest absolute Gasteiger partial charge is 0.322 e. The molecule has 0 aromatic heterocycles. The van der Waals surface area contributed by atoms with Crippen LogP contribution in [0.3, 0.4) is 0 Å². The van der Waals surface area contributed by atoms with Crippen LogP contribution in [0.15, 0.2) is 30.3 Å². The number of amides is 1. The van der Waals surface area contributed by atoms with Crippen molar-refractivity contribution < 1.29 is 14.7 Å². The lowest BCUT2D eigenvalue weighted by atomic mass is 10.2. The molecule has 1 atom stereocenters. The third kappa shape index (κ3) is 5.20. The molecule has 0 fully saturated rings. The lowest BCUT2D eigenvalue weighted by molar-refractivity contribution is -0.138. The number of carboxylic acids is 1. The van der Waals surface area contributed by atoms with E-state index in [-0.39, 0.29) is 12.5 Å². The Labute approximate surface area is 111 Å². The standard InChI is InChI=1S/C12H16N2O3S/c15-11(16)7-14-12(17)10(8-18)13-6-9-4-2-1-3-5-9/h1-5,10,13,18H,6-8H2,(H,14,17)(H,15,16)/t10-/m0/s1. The Bertz CT molecular complexity index is 398. The summed E-state index contributed by atoms with van der Waals surface area (Å²) in [5.74, 6) is -1.12. The molecule has 0 unspecified atom stereocenters. The van der Waals surface area contributed by atoms with Crippen molar-refractivity contribution in [2.45, 2.75) is 12.6 Å². The molecule has 0 aliphatic carbocycles. The van der Waals surface area contributed by atoms with Gasteiger partial charge in [-0.25, -0.2) is 0 Å². The molecule has 0 aliphatic heterocycles. The average Bonchev–Trinajstić information content (AvgIpc) is 2.38. The minimum atomic E-state index is -1.07. The van der Waals surface area contributed by atoms with Gasteiger partial charge in [-0.2, -0.15) is 12.6 Å². The number of aliphatic carboxylic acids is 1. The molecule has 0 bridgehead atoms. The molecule has 0 aliphatic rings. The topological polar surface area (TPSA) is 78.4 Å². The molecule has 98 valence electrons. The van der Waals surface area contributed by atoms with E-state index in [9.17, 15) is 9.59 Å². The third-order valence-corrected chi connectivity index (χ3v) is 2.67. The number of carbonyl (C=O) groups is 2. The molecule has 5 nitrogen and oxygen atoms in total. The second-order valence-corrected chi connectivity index (χ2v) is 4.08. The summed E-state index contributed by atoms with van der Waals surface area (Å²) >= 11 is 4.08. The van der Waals surface area contributed by atoms with Gasteiger partial charge in [0, 0.05) is 12.3 Å². The first kappa shape index (κ1) is 14.5. The predicted octanol–water partition coefficient (Wildman–Crippen LogP) is 0.275. The van der Waals surface area contributed by atoms with Crippen LogP contribution in [0.25, 0.3) is 0 Å². The van der Waals surface area contributed by atoms with Crippen molar-refractivity contribution >= 4 is 24.5 Å². The summed E-state index contributed by atoms with van der Waals surface area (Å²) in [6.07, 6.45) is 0. The van der Waals surface area contributed by atoms with Gasteiger partial charge in [0.1, 0.15) is 6.54 Å². The molecule has 0 heterocycles.